The summed E-state index contributed by atoms with van der Waals surface area (Å²) in [5.41, 5.74) is 1.19. The largest absolute Gasteiger partial charge is 0.218 e. The molecule has 3 rings (SSSR count). The molecule has 0 atom stereocenters. The van der Waals surface area contributed by atoms with E-state index in [1.165, 1.54) is 10.9 Å². The Morgan fingerprint density at radius 1 is 0.625 bits per heavy atom. The summed E-state index contributed by atoms with van der Waals surface area (Å²) in [6.07, 6.45) is 5.68. The third-order valence-electron chi connectivity index (χ3n) is 2.18. The molecule has 0 spiro atoms. The molecule has 2 N–H and O–H groups in total. The maximum absolute atomic E-state index is 3.15. The zero-order valence-corrected chi connectivity index (χ0v) is 8.93. The topological polar surface area (TPSA) is 28.3 Å². The van der Waals surface area contributed by atoms with Gasteiger partial charge in [0.1, 0.15) is 0 Å². The second-order valence-electron chi connectivity index (χ2n) is 3.33. The molecule has 0 bridgehead atoms. The van der Waals surface area contributed by atoms with Crippen LogP contribution in [-0.2, 0) is 0 Å². The highest BCUT2D eigenvalue weighted by Gasteiger charge is 1.92. The van der Waals surface area contributed by atoms with Gasteiger partial charge in [-0.05, 0) is 12.1 Å². The lowest BCUT2D eigenvalue weighted by atomic mass is 10.2. The Bertz CT molecular complexity index is 443. The maximum Gasteiger partial charge on any atom is 0.210 e. The van der Waals surface area contributed by atoms with Gasteiger partial charge < -0.3 is 0 Å². The highest BCUT2D eigenvalue weighted by Crippen LogP contribution is 2.04. The van der Waals surface area contributed by atoms with Crippen LogP contribution in [0.4, 0.5) is 0 Å². The predicted octanol–water partition coefficient (Wildman–Crippen LogP) is 2.15. The second kappa shape index (κ2) is 5.61. The third kappa shape index (κ3) is 2.89. The lowest BCUT2D eigenvalue weighted by molar-refractivity contribution is -0.377. The van der Waals surface area contributed by atoms with Crippen molar-refractivity contribution in [2.45, 2.75) is 0 Å². The van der Waals surface area contributed by atoms with Crippen LogP contribution in [0.25, 0.3) is 10.9 Å². The molecule has 0 amide bonds. The van der Waals surface area contributed by atoms with Gasteiger partial charge in [-0.15, -0.1) is 0 Å². The number of aromatic amines is 2. The molecule has 0 saturated heterocycles. The maximum atomic E-state index is 3.15. The van der Waals surface area contributed by atoms with Gasteiger partial charge in [0.05, 0.1) is 0 Å². The van der Waals surface area contributed by atoms with Gasteiger partial charge >= 0.3 is 0 Å². The van der Waals surface area contributed by atoms with Gasteiger partial charge in [-0.1, -0.05) is 18.2 Å². The van der Waals surface area contributed by atoms with E-state index in [-0.39, 0.29) is 0 Å². The predicted molar refractivity (Wildman–Crippen MR) is 63.5 cm³/mol. The molecule has 1 aromatic carbocycles. The first kappa shape index (κ1) is 10.3. The number of aromatic nitrogens is 2. The van der Waals surface area contributed by atoms with Crippen molar-refractivity contribution in [2.24, 2.45) is 0 Å². The fraction of sp³-hybridized carbons (Fsp3) is 0. The number of para-hydroxylation sites is 1. The highest BCUT2D eigenvalue weighted by molar-refractivity contribution is 5.74. The molecule has 0 radical (unpaired) electrons. The smallest absolute Gasteiger partial charge is 0.210 e. The van der Waals surface area contributed by atoms with E-state index in [1.807, 2.05) is 55.0 Å². The summed E-state index contributed by atoms with van der Waals surface area (Å²) >= 11 is 0. The average molecular weight is 210 g/mol. The first-order valence-electron chi connectivity index (χ1n) is 5.23. The first-order chi connectivity index (χ1) is 7.97. The first-order valence-corrected chi connectivity index (χ1v) is 5.23. The quantitative estimate of drug-likeness (QED) is 0.544. The summed E-state index contributed by atoms with van der Waals surface area (Å²) in [7, 11) is 0. The van der Waals surface area contributed by atoms with Crippen LogP contribution in [0.15, 0.2) is 73.2 Å². The molecule has 0 unspecified atom stereocenters. The molecule has 2 aromatic heterocycles. The summed E-state index contributed by atoms with van der Waals surface area (Å²) in [5.74, 6) is 0. The van der Waals surface area contributed by atoms with Crippen LogP contribution in [0, 0.1) is 0 Å². The number of benzene rings is 1. The number of fused-ring (bicyclic) bond motifs is 1. The molecular weight excluding hydrogens is 196 g/mol. The molecule has 0 saturated carbocycles. The van der Waals surface area contributed by atoms with Gasteiger partial charge in [-0.25, -0.2) is 9.97 Å². The van der Waals surface area contributed by atoms with Crippen LogP contribution >= 0.6 is 0 Å². The van der Waals surface area contributed by atoms with Crippen LogP contribution in [0.1, 0.15) is 0 Å². The van der Waals surface area contributed by atoms with Crippen molar-refractivity contribution in [3.05, 3.63) is 73.2 Å². The summed E-state index contributed by atoms with van der Waals surface area (Å²) in [6, 6.07) is 18.2. The Morgan fingerprint density at radius 2 is 1.38 bits per heavy atom. The molecule has 78 valence electrons. The molecular formula is C14H14N2+2. The van der Waals surface area contributed by atoms with Crippen LogP contribution < -0.4 is 9.97 Å². The van der Waals surface area contributed by atoms with E-state index in [0.717, 1.165) is 0 Å². The third-order valence-corrected chi connectivity index (χ3v) is 2.18. The SMILES string of the molecule is c1cc[nH+]cc1.c1ccc2[nH+]cccc2c1. The number of hydrogen-bond acceptors (Lipinski definition) is 0. The van der Waals surface area contributed by atoms with E-state index >= 15 is 0 Å². The number of nitrogens with one attached hydrogen (secondary N) is 2. The van der Waals surface area contributed by atoms with E-state index in [1.54, 1.807) is 0 Å². The fourth-order valence-corrected chi connectivity index (χ4v) is 1.41. The normalized spacial score (nSPS) is 9.25. The standard InChI is InChI=1S/C9H7N.C5H5N/c1-2-6-9-8(4-1)5-3-7-10-9;1-2-4-6-5-3-1/h1-7H;1-5H/p+2. The summed E-state index contributed by atoms with van der Waals surface area (Å²) in [5, 5.41) is 1.25. The molecule has 2 heteroatoms. The highest BCUT2D eigenvalue weighted by atomic mass is 14.6. The van der Waals surface area contributed by atoms with Crippen molar-refractivity contribution < 1.29 is 9.97 Å². The van der Waals surface area contributed by atoms with Gasteiger partial charge in [-0.2, -0.15) is 0 Å². The molecule has 2 nitrogen and oxygen atoms in total. The number of pyridine rings is 2. The number of hydrogen-bond donors (Lipinski definition) is 0. The van der Waals surface area contributed by atoms with Crippen molar-refractivity contribution in [3.8, 4) is 0 Å². The van der Waals surface area contributed by atoms with Gasteiger partial charge in [0.2, 0.25) is 5.52 Å². The minimum Gasteiger partial charge on any atom is -0.218 e. The van der Waals surface area contributed by atoms with E-state index < -0.39 is 0 Å². The van der Waals surface area contributed by atoms with Crippen LogP contribution in [0.2, 0.25) is 0 Å². The van der Waals surface area contributed by atoms with Crippen molar-refractivity contribution in [2.75, 3.05) is 0 Å². The average Bonchev–Trinajstić information content (AvgIpc) is 2.42. The number of rotatable bonds is 0. The van der Waals surface area contributed by atoms with Crippen LogP contribution in [-0.4, -0.2) is 0 Å². The molecule has 16 heavy (non-hydrogen) atoms. The lowest BCUT2D eigenvalue weighted by Gasteiger charge is -1.85. The fourth-order valence-electron chi connectivity index (χ4n) is 1.41. The van der Waals surface area contributed by atoms with Gasteiger partial charge in [0.25, 0.3) is 0 Å². The minimum atomic E-state index is 1.19. The van der Waals surface area contributed by atoms with Gasteiger partial charge in [0.15, 0.2) is 18.6 Å². The van der Waals surface area contributed by atoms with Crippen molar-refractivity contribution >= 4 is 10.9 Å². The number of H-pyrrole nitrogens is 2. The Morgan fingerprint density at radius 3 is 2.00 bits per heavy atom. The zero-order chi connectivity index (χ0) is 11.1. The molecule has 0 aliphatic carbocycles. The van der Waals surface area contributed by atoms with E-state index in [2.05, 4.69) is 28.2 Å². The van der Waals surface area contributed by atoms with Crippen molar-refractivity contribution in [1.82, 2.24) is 0 Å². The molecule has 2 heterocycles. The molecule has 0 fully saturated rings. The van der Waals surface area contributed by atoms with E-state index in [0.29, 0.717) is 0 Å². The van der Waals surface area contributed by atoms with Crippen molar-refractivity contribution in [3.63, 3.8) is 0 Å². The lowest BCUT2D eigenvalue weighted by Crippen LogP contribution is -1.99. The van der Waals surface area contributed by atoms with Gasteiger partial charge in [0, 0.05) is 29.7 Å². The summed E-state index contributed by atoms with van der Waals surface area (Å²) in [6.45, 7) is 0. The summed E-state index contributed by atoms with van der Waals surface area (Å²) < 4.78 is 0. The van der Waals surface area contributed by atoms with E-state index in [9.17, 15) is 0 Å². The van der Waals surface area contributed by atoms with Crippen molar-refractivity contribution in [1.29, 1.82) is 0 Å². The minimum absolute atomic E-state index is 1.19. The van der Waals surface area contributed by atoms with Crippen LogP contribution in [0.3, 0.4) is 0 Å². The van der Waals surface area contributed by atoms with E-state index in [4.69, 9.17) is 0 Å². The molecule has 3 aromatic rings. The Balaban J connectivity index is 0.000000138. The Hall–Kier alpha value is -2.22. The molecule has 0 aliphatic heterocycles. The van der Waals surface area contributed by atoms with Gasteiger partial charge in [-0.3, -0.25) is 0 Å². The van der Waals surface area contributed by atoms with Crippen LogP contribution in [0.5, 0.6) is 0 Å². The zero-order valence-electron chi connectivity index (χ0n) is 8.93. The second-order valence-corrected chi connectivity index (χ2v) is 3.33. The Labute approximate surface area is 94.6 Å². The monoisotopic (exact) mass is 210 g/mol. The summed E-state index contributed by atoms with van der Waals surface area (Å²) in [4.78, 5) is 6.04. The Kier molecular flexibility index (Phi) is 3.61. The molecule has 0 aliphatic rings.